The molecular weight excluding hydrogens is 318 g/mol. The highest BCUT2D eigenvalue weighted by Crippen LogP contribution is 2.32. The van der Waals surface area contributed by atoms with Crippen molar-refractivity contribution in [1.82, 2.24) is 14.2 Å². The smallest absolute Gasteiger partial charge is 0.291 e. The summed E-state index contributed by atoms with van der Waals surface area (Å²) in [4.78, 5) is 18.3. The van der Waals surface area contributed by atoms with E-state index in [0.29, 0.717) is 31.7 Å². The Hall–Kier alpha value is -1.41. The topological polar surface area (TPSA) is 83.7 Å². The van der Waals surface area contributed by atoms with E-state index in [9.17, 15) is 13.2 Å². The molecule has 0 bridgehead atoms. The van der Waals surface area contributed by atoms with Gasteiger partial charge in [-0.05, 0) is 32.1 Å². The Morgan fingerprint density at radius 1 is 1.30 bits per heavy atom. The molecule has 0 saturated carbocycles. The average Bonchev–Trinajstić information content (AvgIpc) is 2.80. The molecule has 0 aromatic carbocycles. The van der Waals surface area contributed by atoms with Crippen molar-refractivity contribution < 1.29 is 17.6 Å². The first kappa shape index (κ1) is 16.4. The predicted octanol–water partition coefficient (Wildman–Crippen LogP) is 1.26. The van der Waals surface area contributed by atoms with Crippen LogP contribution in [0.2, 0.25) is 0 Å². The summed E-state index contributed by atoms with van der Waals surface area (Å²) in [7, 11) is -3.21. The number of likely N-dealkylation sites (tertiary alicyclic amines) is 1. The number of fused-ring (bicyclic) bond motifs is 1. The minimum Gasteiger partial charge on any atom is -0.438 e. The van der Waals surface area contributed by atoms with E-state index in [-0.39, 0.29) is 23.6 Å². The number of piperidine rings is 1. The van der Waals surface area contributed by atoms with Crippen molar-refractivity contribution in [2.75, 3.05) is 25.9 Å². The lowest BCUT2D eigenvalue weighted by Crippen LogP contribution is -2.53. The van der Waals surface area contributed by atoms with Gasteiger partial charge >= 0.3 is 0 Å². The molecule has 2 aliphatic rings. The zero-order valence-corrected chi connectivity index (χ0v) is 14.4. The Morgan fingerprint density at radius 3 is 2.74 bits per heavy atom. The van der Waals surface area contributed by atoms with Crippen molar-refractivity contribution >= 4 is 15.9 Å². The van der Waals surface area contributed by atoms with Crippen LogP contribution in [0.4, 0.5) is 0 Å². The largest absolute Gasteiger partial charge is 0.438 e. The highest BCUT2D eigenvalue weighted by Gasteiger charge is 2.40. The van der Waals surface area contributed by atoms with Crippen molar-refractivity contribution in [1.29, 1.82) is 0 Å². The molecule has 128 valence electrons. The van der Waals surface area contributed by atoms with Gasteiger partial charge in [-0.1, -0.05) is 6.42 Å². The first-order chi connectivity index (χ1) is 10.9. The molecule has 0 N–H and O–H groups in total. The van der Waals surface area contributed by atoms with Gasteiger partial charge < -0.3 is 9.32 Å². The van der Waals surface area contributed by atoms with E-state index in [4.69, 9.17) is 4.42 Å². The molecule has 2 fully saturated rings. The molecular formula is C15H23N3O4S. The zero-order chi connectivity index (χ0) is 16.6. The van der Waals surface area contributed by atoms with Crippen LogP contribution < -0.4 is 0 Å². The third-order valence-corrected chi connectivity index (χ3v) is 6.23. The Labute approximate surface area is 136 Å². The minimum absolute atomic E-state index is 0.00683. The van der Waals surface area contributed by atoms with E-state index >= 15 is 0 Å². The first-order valence-electron chi connectivity index (χ1n) is 8.04. The Bertz CT molecular complexity index is 685. The van der Waals surface area contributed by atoms with Gasteiger partial charge in [0, 0.05) is 25.7 Å². The molecule has 2 aliphatic heterocycles. The lowest BCUT2D eigenvalue weighted by Gasteiger charge is -2.41. The molecule has 0 radical (unpaired) electrons. The van der Waals surface area contributed by atoms with Crippen LogP contribution in [-0.2, 0) is 10.0 Å². The molecule has 1 aromatic rings. The zero-order valence-electron chi connectivity index (χ0n) is 13.6. The van der Waals surface area contributed by atoms with Crippen LogP contribution in [0.25, 0.3) is 0 Å². The summed E-state index contributed by atoms with van der Waals surface area (Å²) < 4.78 is 31.0. The molecule has 23 heavy (non-hydrogen) atoms. The number of amides is 1. The quantitative estimate of drug-likeness (QED) is 0.808. The van der Waals surface area contributed by atoms with Crippen LogP contribution in [0.3, 0.4) is 0 Å². The third kappa shape index (κ3) is 3.28. The van der Waals surface area contributed by atoms with Gasteiger partial charge in [0.15, 0.2) is 6.39 Å². The monoisotopic (exact) mass is 341 g/mol. The summed E-state index contributed by atoms with van der Waals surface area (Å²) in [5, 5.41) is 0. The van der Waals surface area contributed by atoms with E-state index in [1.54, 1.807) is 16.1 Å². The Balaban J connectivity index is 1.77. The molecule has 8 heteroatoms. The van der Waals surface area contributed by atoms with Gasteiger partial charge in [0.25, 0.3) is 5.91 Å². The second-order valence-corrected chi connectivity index (χ2v) is 8.44. The standard InChI is InChI=1S/C15H23N3O4S/c1-11-14(22-10-16-11)15(19)17-8-6-13-12(9-17)5-3-4-7-18(13)23(2,20)21/h10,12-13H,3-9H2,1-2H3/t12-,13+/m0/s1. The molecule has 1 aromatic heterocycles. The molecule has 3 rings (SSSR count). The molecule has 3 heterocycles. The first-order valence-corrected chi connectivity index (χ1v) is 9.89. The molecule has 2 atom stereocenters. The van der Waals surface area contributed by atoms with Crippen molar-refractivity contribution in [3.05, 3.63) is 17.8 Å². The van der Waals surface area contributed by atoms with Gasteiger partial charge in [0.2, 0.25) is 15.8 Å². The van der Waals surface area contributed by atoms with Gasteiger partial charge in [-0.15, -0.1) is 0 Å². The van der Waals surface area contributed by atoms with Crippen LogP contribution in [0, 0.1) is 12.8 Å². The van der Waals surface area contributed by atoms with E-state index in [0.717, 1.165) is 19.3 Å². The summed E-state index contributed by atoms with van der Waals surface area (Å²) in [6, 6.07) is 0.00683. The van der Waals surface area contributed by atoms with Crippen LogP contribution in [0.5, 0.6) is 0 Å². The molecule has 0 spiro atoms. The summed E-state index contributed by atoms with van der Waals surface area (Å²) in [6.45, 7) is 3.47. The van der Waals surface area contributed by atoms with Crippen molar-refractivity contribution in [3.63, 3.8) is 0 Å². The number of sulfonamides is 1. The molecule has 0 unspecified atom stereocenters. The summed E-state index contributed by atoms with van der Waals surface area (Å²) in [6.07, 6.45) is 6.08. The van der Waals surface area contributed by atoms with E-state index in [1.807, 2.05) is 0 Å². The number of carbonyl (C=O) groups excluding carboxylic acids is 1. The van der Waals surface area contributed by atoms with Crippen LogP contribution in [-0.4, -0.2) is 60.4 Å². The highest BCUT2D eigenvalue weighted by atomic mass is 32.2. The maximum absolute atomic E-state index is 12.6. The van der Waals surface area contributed by atoms with Gasteiger partial charge in [-0.3, -0.25) is 4.79 Å². The van der Waals surface area contributed by atoms with Gasteiger partial charge in [0.1, 0.15) is 0 Å². The second kappa shape index (κ2) is 6.24. The van der Waals surface area contributed by atoms with Gasteiger partial charge in [0.05, 0.1) is 11.9 Å². The SMILES string of the molecule is Cc1ncoc1C(=O)N1CC[C@@H]2[C@@H](CCCCN2S(C)(=O)=O)C1. The summed E-state index contributed by atoms with van der Waals surface area (Å²) in [5.74, 6) is 0.332. The number of carbonyl (C=O) groups is 1. The second-order valence-electron chi connectivity index (χ2n) is 6.50. The van der Waals surface area contributed by atoms with Crippen molar-refractivity contribution in [2.24, 2.45) is 5.92 Å². The number of hydrogen-bond donors (Lipinski definition) is 0. The predicted molar refractivity (Wildman–Crippen MR) is 84.4 cm³/mol. The number of hydrogen-bond acceptors (Lipinski definition) is 5. The maximum atomic E-state index is 12.6. The number of aryl methyl sites for hydroxylation is 1. The van der Waals surface area contributed by atoms with Gasteiger partial charge in [-0.25, -0.2) is 13.4 Å². The van der Waals surface area contributed by atoms with E-state index in [1.165, 1.54) is 12.6 Å². The number of aromatic nitrogens is 1. The molecule has 2 saturated heterocycles. The van der Waals surface area contributed by atoms with E-state index in [2.05, 4.69) is 4.98 Å². The summed E-state index contributed by atoms with van der Waals surface area (Å²) >= 11 is 0. The fraction of sp³-hybridized carbons (Fsp3) is 0.733. The maximum Gasteiger partial charge on any atom is 0.291 e. The van der Waals surface area contributed by atoms with E-state index < -0.39 is 10.0 Å². The number of nitrogens with zero attached hydrogens (tertiary/aromatic N) is 3. The average molecular weight is 341 g/mol. The third-order valence-electron chi connectivity index (χ3n) is 4.92. The molecule has 1 amide bonds. The minimum atomic E-state index is -3.21. The number of oxazole rings is 1. The Morgan fingerprint density at radius 2 is 2.09 bits per heavy atom. The number of rotatable bonds is 2. The van der Waals surface area contributed by atoms with Crippen LogP contribution in [0.1, 0.15) is 41.9 Å². The van der Waals surface area contributed by atoms with Crippen LogP contribution >= 0.6 is 0 Å². The summed E-state index contributed by atoms with van der Waals surface area (Å²) in [5.41, 5.74) is 0.593. The molecule has 7 nitrogen and oxygen atoms in total. The lowest BCUT2D eigenvalue weighted by molar-refractivity contribution is 0.0545. The fourth-order valence-corrected chi connectivity index (χ4v) is 5.00. The van der Waals surface area contributed by atoms with Crippen molar-refractivity contribution in [2.45, 2.75) is 38.6 Å². The fourth-order valence-electron chi connectivity index (χ4n) is 3.77. The van der Waals surface area contributed by atoms with Crippen molar-refractivity contribution in [3.8, 4) is 0 Å². The van der Waals surface area contributed by atoms with Crippen LogP contribution in [0.15, 0.2) is 10.8 Å². The normalized spacial score (nSPS) is 26.6. The molecule has 0 aliphatic carbocycles. The van der Waals surface area contributed by atoms with Gasteiger partial charge in [-0.2, -0.15) is 4.31 Å². The highest BCUT2D eigenvalue weighted by molar-refractivity contribution is 7.88. The Kier molecular flexibility index (Phi) is 4.46. The lowest BCUT2D eigenvalue weighted by atomic mass is 9.89.